The number of nitrogens with one attached hydrogen (secondary N) is 1. The third-order valence-electron chi connectivity index (χ3n) is 2.99. The smallest absolute Gasteiger partial charge is 0.239 e. The molecule has 1 aliphatic rings. The highest BCUT2D eigenvalue weighted by Crippen LogP contribution is 2.35. The summed E-state index contributed by atoms with van der Waals surface area (Å²) in [5, 5.41) is 3.24. The first-order valence-electron chi connectivity index (χ1n) is 6.45. The first-order valence-corrected chi connectivity index (χ1v) is 8.88. The van der Waals surface area contributed by atoms with E-state index in [1.54, 1.807) is 11.8 Å². The minimum atomic E-state index is -3.46. The van der Waals surface area contributed by atoms with Crippen LogP contribution >= 0.6 is 11.5 Å². The van der Waals surface area contributed by atoms with Crippen molar-refractivity contribution in [3.63, 3.8) is 0 Å². The standard InChI is InChI=1S/C11H18N4O3S2/c1-2-6-20(17,18)9-10(12)14-19-11(9)15-5-3-4-13-8(16)7-15/h2-7H2,1H3,(H2,12,14)(H,13,16). The summed E-state index contributed by atoms with van der Waals surface area (Å²) in [7, 11) is -3.46. The number of carbonyl (C=O) groups excluding carboxylic acids is 1. The Morgan fingerprint density at radius 3 is 2.95 bits per heavy atom. The highest BCUT2D eigenvalue weighted by Gasteiger charge is 2.29. The zero-order chi connectivity index (χ0) is 14.8. The minimum absolute atomic E-state index is 0.0304. The van der Waals surface area contributed by atoms with Gasteiger partial charge in [0.15, 0.2) is 15.7 Å². The molecule has 1 fully saturated rings. The Kier molecular flexibility index (Phi) is 4.48. The average molecular weight is 318 g/mol. The van der Waals surface area contributed by atoms with Crippen LogP contribution in [0.1, 0.15) is 19.8 Å². The number of amides is 1. The lowest BCUT2D eigenvalue weighted by atomic mass is 10.4. The fraction of sp³-hybridized carbons (Fsp3) is 0.636. The Bertz CT molecular complexity index is 597. The molecular weight excluding hydrogens is 300 g/mol. The van der Waals surface area contributed by atoms with Crippen LogP contribution in [0.3, 0.4) is 0 Å². The summed E-state index contributed by atoms with van der Waals surface area (Å²) in [5.74, 6) is -0.0562. The molecule has 0 atom stereocenters. The minimum Gasteiger partial charge on any atom is -0.382 e. The Labute approximate surface area is 122 Å². The molecule has 1 saturated heterocycles. The molecule has 0 aliphatic carbocycles. The van der Waals surface area contributed by atoms with Crippen LogP contribution in [0.25, 0.3) is 0 Å². The van der Waals surface area contributed by atoms with Crippen molar-refractivity contribution in [1.82, 2.24) is 9.69 Å². The van der Waals surface area contributed by atoms with Crippen molar-refractivity contribution in [2.75, 3.05) is 36.0 Å². The Morgan fingerprint density at radius 1 is 1.50 bits per heavy atom. The number of rotatable bonds is 4. The molecule has 0 saturated carbocycles. The summed E-state index contributed by atoms with van der Waals surface area (Å²) in [6.07, 6.45) is 1.27. The van der Waals surface area contributed by atoms with Crippen molar-refractivity contribution >= 4 is 38.1 Å². The highest BCUT2D eigenvalue weighted by atomic mass is 32.2. The average Bonchev–Trinajstić information content (AvgIpc) is 2.62. The van der Waals surface area contributed by atoms with Gasteiger partial charge in [-0.1, -0.05) is 6.92 Å². The van der Waals surface area contributed by atoms with Crippen molar-refractivity contribution < 1.29 is 13.2 Å². The maximum absolute atomic E-state index is 12.3. The van der Waals surface area contributed by atoms with Crippen LogP contribution < -0.4 is 16.0 Å². The summed E-state index contributed by atoms with van der Waals surface area (Å²) < 4.78 is 28.6. The zero-order valence-corrected chi connectivity index (χ0v) is 12.9. The number of nitrogens with zero attached hydrogens (tertiary/aromatic N) is 2. The fourth-order valence-electron chi connectivity index (χ4n) is 2.13. The van der Waals surface area contributed by atoms with Gasteiger partial charge in [-0.3, -0.25) is 4.79 Å². The number of carbonyl (C=O) groups is 1. The van der Waals surface area contributed by atoms with E-state index in [0.29, 0.717) is 24.5 Å². The lowest BCUT2D eigenvalue weighted by Gasteiger charge is -2.20. The van der Waals surface area contributed by atoms with E-state index >= 15 is 0 Å². The lowest BCUT2D eigenvalue weighted by Crippen LogP contribution is -2.33. The Hall–Kier alpha value is -1.35. The first kappa shape index (κ1) is 15.0. The molecule has 3 N–H and O–H groups in total. The van der Waals surface area contributed by atoms with Gasteiger partial charge in [-0.05, 0) is 24.4 Å². The molecule has 20 heavy (non-hydrogen) atoms. The molecule has 2 heterocycles. The predicted molar refractivity (Wildman–Crippen MR) is 78.7 cm³/mol. The van der Waals surface area contributed by atoms with Gasteiger partial charge in [-0.25, -0.2) is 8.42 Å². The van der Waals surface area contributed by atoms with Gasteiger partial charge in [-0.15, -0.1) is 0 Å². The highest BCUT2D eigenvalue weighted by molar-refractivity contribution is 7.91. The summed E-state index contributed by atoms with van der Waals surface area (Å²) in [6.45, 7) is 3.14. The summed E-state index contributed by atoms with van der Waals surface area (Å²) in [4.78, 5) is 13.4. The number of hydrogen-bond donors (Lipinski definition) is 2. The topological polar surface area (TPSA) is 105 Å². The second kappa shape index (κ2) is 5.96. The van der Waals surface area contributed by atoms with E-state index in [4.69, 9.17) is 5.73 Å². The number of hydrogen-bond acceptors (Lipinski definition) is 7. The molecule has 0 aromatic carbocycles. The largest absolute Gasteiger partial charge is 0.382 e. The quantitative estimate of drug-likeness (QED) is 0.823. The van der Waals surface area contributed by atoms with Crippen LogP contribution in [0.5, 0.6) is 0 Å². The molecule has 1 aromatic heterocycles. The molecule has 2 rings (SSSR count). The third kappa shape index (κ3) is 3.04. The van der Waals surface area contributed by atoms with Crippen LogP contribution in [-0.2, 0) is 14.6 Å². The second-order valence-electron chi connectivity index (χ2n) is 4.65. The zero-order valence-electron chi connectivity index (χ0n) is 11.3. The van der Waals surface area contributed by atoms with Gasteiger partial charge in [0.05, 0.1) is 12.3 Å². The molecular formula is C11H18N4O3S2. The number of sulfone groups is 1. The lowest BCUT2D eigenvalue weighted by molar-refractivity contribution is -0.119. The summed E-state index contributed by atoms with van der Waals surface area (Å²) in [5.41, 5.74) is 5.73. The Balaban J connectivity index is 2.40. The normalized spacial score (nSPS) is 16.9. The summed E-state index contributed by atoms with van der Waals surface area (Å²) in [6, 6.07) is 0. The van der Waals surface area contributed by atoms with Crippen molar-refractivity contribution in [3.8, 4) is 0 Å². The van der Waals surface area contributed by atoms with E-state index in [0.717, 1.165) is 18.0 Å². The van der Waals surface area contributed by atoms with E-state index in [9.17, 15) is 13.2 Å². The van der Waals surface area contributed by atoms with Gasteiger partial charge >= 0.3 is 0 Å². The van der Waals surface area contributed by atoms with E-state index < -0.39 is 9.84 Å². The van der Waals surface area contributed by atoms with E-state index in [1.807, 2.05) is 0 Å². The molecule has 1 aromatic rings. The van der Waals surface area contributed by atoms with Gasteiger partial charge in [0.2, 0.25) is 5.91 Å². The number of nitrogen functional groups attached to an aromatic ring is 1. The molecule has 0 bridgehead atoms. The molecule has 1 aliphatic heterocycles. The maximum Gasteiger partial charge on any atom is 0.239 e. The number of nitrogens with two attached hydrogens (primary N) is 1. The molecule has 0 unspecified atom stereocenters. The maximum atomic E-state index is 12.3. The van der Waals surface area contributed by atoms with Gasteiger partial charge in [0, 0.05) is 13.1 Å². The molecule has 0 radical (unpaired) electrons. The van der Waals surface area contributed by atoms with Gasteiger partial charge < -0.3 is 16.0 Å². The second-order valence-corrected chi connectivity index (χ2v) is 7.44. The molecule has 7 nitrogen and oxygen atoms in total. The van der Waals surface area contributed by atoms with Gasteiger partial charge in [0.1, 0.15) is 9.90 Å². The van der Waals surface area contributed by atoms with Crippen LogP contribution in [0, 0.1) is 0 Å². The Morgan fingerprint density at radius 2 is 2.25 bits per heavy atom. The predicted octanol–water partition coefficient (Wildman–Crippen LogP) is 0.235. The molecule has 0 spiro atoms. The SMILES string of the molecule is CCCS(=O)(=O)c1c(N)nsc1N1CCCNC(=O)C1. The van der Waals surface area contributed by atoms with Crippen LogP contribution in [0.4, 0.5) is 10.8 Å². The van der Waals surface area contributed by atoms with Gasteiger partial charge in [-0.2, -0.15) is 4.37 Å². The third-order valence-corrected chi connectivity index (χ3v) is 6.01. The molecule has 9 heteroatoms. The van der Waals surface area contributed by atoms with E-state index in [1.165, 1.54) is 0 Å². The molecule has 112 valence electrons. The van der Waals surface area contributed by atoms with Crippen molar-refractivity contribution in [2.45, 2.75) is 24.7 Å². The van der Waals surface area contributed by atoms with Crippen molar-refractivity contribution in [1.29, 1.82) is 0 Å². The fourth-order valence-corrected chi connectivity index (χ4v) is 4.92. The van der Waals surface area contributed by atoms with Crippen molar-refractivity contribution in [3.05, 3.63) is 0 Å². The van der Waals surface area contributed by atoms with Gasteiger partial charge in [0.25, 0.3) is 0 Å². The monoisotopic (exact) mass is 318 g/mol. The van der Waals surface area contributed by atoms with Crippen LogP contribution in [0.2, 0.25) is 0 Å². The van der Waals surface area contributed by atoms with Crippen molar-refractivity contribution in [2.24, 2.45) is 0 Å². The molecule has 1 amide bonds. The summed E-state index contributed by atoms with van der Waals surface area (Å²) >= 11 is 1.04. The number of anilines is 2. The van der Waals surface area contributed by atoms with Crippen LogP contribution in [-0.4, -0.2) is 44.1 Å². The van der Waals surface area contributed by atoms with E-state index in [-0.39, 0.29) is 28.9 Å². The van der Waals surface area contributed by atoms with E-state index in [2.05, 4.69) is 9.69 Å². The first-order chi connectivity index (χ1) is 9.45. The van der Waals surface area contributed by atoms with Crippen LogP contribution in [0.15, 0.2) is 4.90 Å². The number of aromatic nitrogens is 1.